The molecule has 310 valence electrons. The Morgan fingerprint density at radius 1 is 0.582 bits per heavy atom. The number of carboxylic acid groups (broad SMARTS) is 1. The van der Waals surface area contributed by atoms with Crippen molar-refractivity contribution in [1.82, 2.24) is 0 Å². The number of esters is 2. The SMILES string of the molecule is CC/C=C/C/C=C/C/C=C/C/C=C/C/C=C/C/C=C/CCCC(=O)OCC(COCCC(C(=O)[O-])[N+](C)(C)C)OC(=O)CCCCC/C=C/C=C/CCCC. The van der Waals surface area contributed by atoms with Crippen LogP contribution >= 0.6 is 0 Å². The Morgan fingerprint density at radius 3 is 1.62 bits per heavy atom. The summed E-state index contributed by atoms with van der Waals surface area (Å²) in [6.45, 7) is 4.37. The van der Waals surface area contributed by atoms with E-state index in [9.17, 15) is 19.5 Å². The van der Waals surface area contributed by atoms with Gasteiger partial charge in [0, 0.05) is 19.3 Å². The lowest BCUT2D eigenvalue weighted by molar-refractivity contribution is -0.889. The van der Waals surface area contributed by atoms with E-state index in [0.29, 0.717) is 12.8 Å². The van der Waals surface area contributed by atoms with E-state index in [2.05, 4.69) is 111 Å². The molecule has 0 aliphatic heterocycles. The second-order valence-electron chi connectivity index (χ2n) is 14.5. The third kappa shape index (κ3) is 35.7. The minimum atomic E-state index is -1.14. The lowest BCUT2D eigenvalue weighted by atomic mass is 10.1. The molecule has 2 atom stereocenters. The van der Waals surface area contributed by atoms with Gasteiger partial charge in [-0.15, -0.1) is 0 Å². The molecule has 0 saturated heterocycles. The standard InChI is InChI=1S/C47H75NO7/c1-6-8-10-12-14-16-18-19-20-21-22-23-24-25-26-28-29-31-33-35-37-45(49)54-42-43(41-53-40-39-44(47(51)52)48(3,4)5)55-46(50)38-36-34-32-30-27-17-15-13-11-9-7-2/h8,10,13-17,19-20,22-23,25-27,29,31,43-44H,6-7,9,11-12,18,21,24,28,30,32-42H2,1-5H3/b10-8+,15-13+,16-14+,20-19+,23-22+,26-25+,27-17+,31-29+. The molecule has 0 saturated carbocycles. The molecule has 8 nitrogen and oxygen atoms in total. The Balaban J connectivity index is 4.50. The number of quaternary nitrogens is 1. The Kier molecular flexibility index (Phi) is 34.7. The third-order valence-corrected chi connectivity index (χ3v) is 8.48. The Labute approximate surface area is 335 Å². The van der Waals surface area contributed by atoms with Crippen LogP contribution in [-0.2, 0) is 28.6 Å². The lowest BCUT2D eigenvalue weighted by Crippen LogP contribution is -2.55. The van der Waals surface area contributed by atoms with E-state index in [4.69, 9.17) is 14.2 Å². The highest BCUT2D eigenvalue weighted by Gasteiger charge is 2.25. The van der Waals surface area contributed by atoms with Crippen molar-refractivity contribution in [3.8, 4) is 0 Å². The van der Waals surface area contributed by atoms with Crippen LogP contribution in [0.1, 0.15) is 129 Å². The number of unbranched alkanes of at least 4 members (excludes halogenated alkanes) is 6. The maximum atomic E-state index is 12.6. The molecule has 0 aromatic heterocycles. The van der Waals surface area contributed by atoms with Gasteiger partial charge in [-0.25, -0.2) is 0 Å². The predicted molar refractivity (Wildman–Crippen MR) is 226 cm³/mol. The Hall–Kier alpha value is -3.75. The Morgan fingerprint density at radius 2 is 1.09 bits per heavy atom. The highest BCUT2D eigenvalue weighted by Crippen LogP contribution is 2.10. The molecule has 55 heavy (non-hydrogen) atoms. The van der Waals surface area contributed by atoms with Crippen molar-refractivity contribution in [2.24, 2.45) is 0 Å². The highest BCUT2D eigenvalue weighted by atomic mass is 16.6. The minimum absolute atomic E-state index is 0.00500. The summed E-state index contributed by atoms with van der Waals surface area (Å²) in [5.41, 5.74) is 0. The topological polar surface area (TPSA) is 102 Å². The number of ether oxygens (including phenoxy) is 3. The van der Waals surface area contributed by atoms with Gasteiger partial charge >= 0.3 is 11.9 Å². The first-order valence-electron chi connectivity index (χ1n) is 20.8. The fraction of sp³-hybridized carbons (Fsp3) is 0.596. The van der Waals surface area contributed by atoms with E-state index in [1.54, 1.807) is 21.1 Å². The fourth-order valence-electron chi connectivity index (χ4n) is 5.23. The molecule has 0 aromatic rings. The smallest absolute Gasteiger partial charge is 0.306 e. The van der Waals surface area contributed by atoms with Gasteiger partial charge in [-0.3, -0.25) is 9.59 Å². The quantitative estimate of drug-likeness (QED) is 0.0208. The zero-order valence-corrected chi connectivity index (χ0v) is 35.0. The normalized spacial score (nSPS) is 14.0. The first kappa shape index (κ1) is 51.2. The van der Waals surface area contributed by atoms with Crippen LogP contribution in [0.2, 0.25) is 0 Å². The summed E-state index contributed by atoms with van der Waals surface area (Å²) < 4.78 is 17.0. The van der Waals surface area contributed by atoms with Gasteiger partial charge in [0.15, 0.2) is 6.10 Å². The molecule has 0 fully saturated rings. The molecule has 0 heterocycles. The summed E-state index contributed by atoms with van der Waals surface area (Å²) >= 11 is 0. The molecule has 0 bridgehead atoms. The van der Waals surface area contributed by atoms with Crippen molar-refractivity contribution >= 4 is 17.9 Å². The Bertz CT molecular complexity index is 1220. The molecule has 0 aliphatic rings. The number of nitrogens with zero attached hydrogens (tertiary/aromatic N) is 1. The highest BCUT2D eigenvalue weighted by molar-refractivity contribution is 5.70. The fourth-order valence-corrected chi connectivity index (χ4v) is 5.23. The van der Waals surface area contributed by atoms with Crippen LogP contribution in [0.5, 0.6) is 0 Å². The number of hydrogen-bond acceptors (Lipinski definition) is 7. The van der Waals surface area contributed by atoms with Crippen molar-refractivity contribution in [2.75, 3.05) is 41.0 Å². The van der Waals surface area contributed by atoms with Gasteiger partial charge in [0.05, 0.1) is 40.3 Å². The van der Waals surface area contributed by atoms with Gasteiger partial charge in [-0.2, -0.15) is 0 Å². The second kappa shape index (κ2) is 37.2. The van der Waals surface area contributed by atoms with E-state index in [1.807, 2.05) is 0 Å². The largest absolute Gasteiger partial charge is 0.544 e. The van der Waals surface area contributed by atoms with E-state index in [-0.39, 0.29) is 55.5 Å². The van der Waals surface area contributed by atoms with E-state index < -0.39 is 18.1 Å². The summed E-state index contributed by atoms with van der Waals surface area (Å²) in [6.07, 6.45) is 48.7. The van der Waals surface area contributed by atoms with Gasteiger partial charge in [-0.05, 0) is 77.0 Å². The van der Waals surface area contributed by atoms with Crippen LogP contribution < -0.4 is 5.11 Å². The van der Waals surface area contributed by atoms with Crippen LogP contribution in [-0.4, -0.2) is 75.5 Å². The molecule has 0 N–H and O–H groups in total. The molecule has 0 aromatic carbocycles. The number of carbonyl (C=O) groups excluding carboxylic acids is 3. The number of hydrogen-bond donors (Lipinski definition) is 0. The molecule has 0 aliphatic carbocycles. The molecule has 0 rings (SSSR count). The van der Waals surface area contributed by atoms with Crippen LogP contribution in [0.4, 0.5) is 0 Å². The van der Waals surface area contributed by atoms with E-state index in [1.165, 1.54) is 12.8 Å². The summed E-state index contributed by atoms with van der Waals surface area (Å²) in [7, 11) is 5.36. The van der Waals surface area contributed by atoms with E-state index in [0.717, 1.165) is 70.6 Å². The number of allylic oxidation sites excluding steroid dienone is 16. The number of likely N-dealkylation sites (N-methyl/N-ethyl adjacent to an activating group) is 1. The molecule has 0 radical (unpaired) electrons. The van der Waals surface area contributed by atoms with Gasteiger partial charge in [0.25, 0.3) is 0 Å². The molecular weight excluding hydrogens is 691 g/mol. The zero-order chi connectivity index (χ0) is 40.7. The number of carbonyl (C=O) groups is 3. The van der Waals surface area contributed by atoms with E-state index >= 15 is 0 Å². The number of carboxylic acids is 1. The van der Waals surface area contributed by atoms with Crippen LogP contribution in [0.3, 0.4) is 0 Å². The number of aliphatic carboxylic acids is 1. The van der Waals surface area contributed by atoms with Crippen molar-refractivity contribution in [1.29, 1.82) is 0 Å². The van der Waals surface area contributed by atoms with Crippen molar-refractivity contribution in [2.45, 2.75) is 142 Å². The summed E-state index contributed by atoms with van der Waals surface area (Å²) in [5.74, 6) is -1.87. The maximum absolute atomic E-state index is 12.6. The molecular formula is C47H75NO7. The van der Waals surface area contributed by atoms with Crippen LogP contribution in [0, 0.1) is 0 Å². The lowest BCUT2D eigenvalue weighted by Gasteiger charge is -2.34. The average Bonchev–Trinajstić information content (AvgIpc) is 3.14. The summed E-state index contributed by atoms with van der Waals surface area (Å²) in [6, 6.07) is -0.744. The molecule has 0 amide bonds. The van der Waals surface area contributed by atoms with Gasteiger partial charge in [-0.1, -0.05) is 130 Å². The minimum Gasteiger partial charge on any atom is -0.544 e. The molecule has 2 unspecified atom stereocenters. The first-order valence-corrected chi connectivity index (χ1v) is 20.8. The number of rotatable bonds is 35. The second-order valence-corrected chi connectivity index (χ2v) is 14.5. The summed E-state index contributed by atoms with van der Waals surface area (Å²) in [5, 5.41) is 11.6. The van der Waals surface area contributed by atoms with Gasteiger partial charge < -0.3 is 28.6 Å². The van der Waals surface area contributed by atoms with Crippen LogP contribution in [0.25, 0.3) is 0 Å². The van der Waals surface area contributed by atoms with Crippen molar-refractivity contribution < 1.29 is 38.2 Å². The van der Waals surface area contributed by atoms with Crippen molar-refractivity contribution in [3.05, 3.63) is 97.2 Å². The third-order valence-electron chi connectivity index (χ3n) is 8.48. The maximum Gasteiger partial charge on any atom is 0.306 e. The van der Waals surface area contributed by atoms with Gasteiger partial charge in [0.2, 0.25) is 0 Å². The van der Waals surface area contributed by atoms with Gasteiger partial charge in [0.1, 0.15) is 12.6 Å². The van der Waals surface area contributed by atoms with Crippen LogP contribution in [0.15, 0.2) is 97.2 Å². The molecule has 8 heteroatoms. The average molecular weight is 766 g/mol. The predicted octanol–water partition coefficient (Wildman–Crippen LogP) is 9.79. The monoisotopic (exact) mass is 766 g/mol. The molecule has 0 spiro atoms. The van der Waals surface area contributed by atoms with Crippen molar-refractivity contribution in [3.63, 3.8) is 0 Å². The summed E-state index contributed by atoms with van der Waals surface area (Å²) in [4.78, 5) is 36.7. The zero-order valence-electron chi connectivity index (χ0n) is 35.0. The first-order chi connectivity index (χ1) is 26.6.